The van der Waals surface area contributed by atoms with E-state index < -0.39 is 12.0 Å². The van der Waals surface area contributed by atoms with Crippen molar-refractivity contribution in [1.82, 2.24) is 25.1 Å². The number of nitrogens with one attached hydrogen (secondary N) is 2. The Hall–Kier alpha value is -3.05. The number of thioether (sulfide) groups is 1. The van der Waals surface area contributed by atoms with Crippen molar-refractivity contribution >= 4 is 29.5 Å². The summed E-state index contributed by atoms with van der Waals surface area (Å²) in [6.45, 7) is 1.80. The number of para-hydroxylation sites is 1. The summed E-state index contributed by atoms with van der Waals surface area (Å²) in [5.41, 5.74) is 1.88. The molecule has 2 amide bonds. The summed E-state index contributed by atoms with van der Waals surface area (Å²) >= 11 is 1.61. The van der Waals surface area contributed by atoms with Gasteiger partial charge in [0.2, 0.25) is 11.8 Å². The number of methoxy groups -OCH3 is 2. The molecule has 11 heteroatoms. The minimum absolute atomic E-state index is 0.000306. The van der Waals surface area contributed by atoms with Crippen LogP contribution in [-0.4, -0.2) is 95.5 Å². The number of likely N-dealkylation sites (tertiary alicyclic amines) is 1. The summed E-state index contributed by atoms with van der Waals surface area (Å²) in [6, 6.07) is 7.02. The fourth-order valence-electron chi connectivity index (χ4n) is 4.79. The second-order valence-corrected chi connectivity index (χ2v) is 10.4. The number of hydrogen-bond acceptors (Lipinski definition) is 8. The minimum Gasteiger partial charge on any atom is -0.496 e. The van der Waals surface area contributed by atoms with Gasteiger partial charge in [0.15, 0.2) is 0 Å². The minimum atomic E-state index is -0.694. The lowest BCUT2D eigenvalue weighted by Gasteiger charge is -2.31. The largest absolute Gasteiger partial charge is 0.496 e. The molecule has 2 aromatic rings. The molecule has 2 atom stereocenters. The summed E-state index contributed by atoms with van der Waals surface area (Å²) in [5.74, 6) is 0.860. The van der Waals surface area contributed by atoms with E-state index >= 15 is 0 Å². The number of aryl methyl sites for hydroxylation is 1. The Morgan fingerprint density at radius 3 is 2.82 bits per heavy atom. The highest BCUT2D eigenvalue weighted by molar-refractivity contribution is 7.98. The number of amides is 2. The van der Waals surface area contributed by atoms with Crippen LogP contribution in [0.1, 0.15) is 36.9 Å². The number of H-pyrrole nitrogens is 1. The van der Waals surface area contributed by atoms with Crippen LogP contribution < -0.4 is 10.1 Å². The molecule has 2 N–H and O–H groups in total. The second-order valence-electron chi connectivity index (χ2n) is 9.37. The molecule has 0 unspecified atom stereocenters. The molecule has 1 fully saturated rings. The lowest BCUT2D eigenvalue weighted by Crippen LogP contribution is -2.49. The van der Waals surface area contributed by atoms with Gasteiger partial charge in [0.1, 0.15) is 11.8 Å². The Labute approximate surface area is 228 Å². The van der Waals surface area contributed by atoms with Crippen molar-refractivity contribution in [2.45, 2.75) is 50.7 Å². The molecule has 1 aliphatic heterocycles. The SMILES string of the molecule is COC(=O)[C@H](CCSC)NC(=O)CN(Cc1ccccc1OC)C[C@@H]1CCCN1C(=O)CCc1cnc[nH]1. The number of aromatic nitrogens is 2. The van der Waals surface area contributed by atoms with Crippen LogP contribution in [-0.2, 0) is 32.1 Å². The van der Waals surface area contributed by atoms with Crippen LogP contribution in [0.4, 0.5) is 0 Å². The first-order valence-corrected chi connectivity index (χ1v) is 14.3. The van der Waals surface area contributed by atoms with E-state index in [1.165, 1.54) is 7.11 Å². The van der Waals surface area contributed by atoms with Gasteiger partial charge in [-0.05, 0) is 43.8 Å². The fraction of sp³-hybridized carbons (Fsp3) is 0.556. The molecule has 1 saturated heterocycles. The number of aromatic amines is 1. The van der Waals surface area contributed by atoms with Gasteiger partial charge >= 0.3 is 5.97 Å². The van der Waals surface area contributed by atoms with Gasteiger partial charge in [0.05, 0.1) is 27.1 Å². The Bertz CT molecular complexity index is 1030. The Morgan fingerprint density at radius 2 is 2.11 bits per heavy atom. The molecule has 0 radical (unpaired) electrons. The highest BCUT2D eigenvalue weighted by Crippen LogP contribution is 2.23. The zero-order chi connectivity index (χ0) is 27.3. The van der Waals surface area contributed by atoms with E-state index in [-0.39, 0.29) is 24.4 Å². The van der Waals surface area contributed by atoms with Crippen LogP contribution >= 0.6 is 11.8 Å². The van der Waals surface area contributed by atoms with Gasteiger partial charge in [-0.1, -0.05) is 18.2 Å². The Balaban J connectivity index is 1.70. The van der Waals surface area contributed by atoms with Crippen molar-refractivity contribution in [3.8, 4) is 5.75 Å². The third kappa shape index (κ3) is 8.76. The lowest BCUT2D eigenvalue weighted by atomic mass is 10.1. The Morgan fingerprint density at radius 1 is 1.29 bits per heavy atom. The Kier molecular flexibility index (Phi) is 11.9. The standard InChI is InChI=1S/C27H39N5O5S/c1-36-24-9-5-4-7-20(24)16-31(18-25(33)30-23(12-14-38-3)27(35)37-2)17-22-8-6-13-32(22)26(34)11-10-21-15-28-19-29-21/h4-5,7,9,15,19,22-23H,6,8,10-14,16-18H2,1-3H3,(H,28,29)(H,30,33)/t22-,23-/m0/s1. The van der Waals surface area contributed by atoms with E-state index in [1.54, 1.807) is 31.4 Å². The van der Waals surface area contributed by atoms with Crippen LogP contribution in [0.15, 0.2) is 36.8 Å². The number of benzene rings is 1. The summed E-state index contributed by atoms with van der Waals surface area (Å²) in [5, 5.41) is 2.85. The van der Waals surface area contributed by atoms with Crippen molar-refractivity contribution in [1.29, 1.82) is 0 Å². The summed E-state index contributed by atoms with van der Waals surface area (Å²) in [4.78, 5) is 49.5. The molecular weight excluding hydrogens is 506 g/mol. The maximum Gasteiger partial charge on any atom is 0.328 e. The van der Waals surface area contributed by atoms with E-state index in [0.29, 0.717) is 38.9 Å². The van der Waals surface area contributed by atoms with E-state index in [0.717, 1.165) is 35.6 Å². The van der Waals surface area contributed by atoms with Crippen LogP contribution in [0, 0.1) is 0 Å². The van der Waals surface area contributed by atoms with Crippen molar-refractivity contribution in [2.24, 2.45) is 0 Å². The van der Waals surface area contributed by atoms with Crippen LogP contribution in [0.2, 0.25) is 0 Å². The molecule has 0 spiro atoms. The van der Waals surface area contributed by atoms with E-state index in [2.05, 4.69) is 15.3 Å². The van der Waals surface area contributed by atoms with Crippen LogP contribution in [0.5, 0.6) is 5.75 Å². The van der Waals surface area contributed by atoms with E-state index in [4.69, 9.17) is 9.47 Å². The smallest absolute Gasteiger partial charge is 0.328 e. The third-order valence-electron chi connectivity index (χ3n) is 6.71. The van der Waals surface area contributed by atoms with E-state index in [9.17, 15) is 14.4 Å². The van der Waals surface area contributed by atoms with Gasteiger partial charge in [-0.15, -0.1) is 0 Å². The topological polar surface area (TPSA) is 117 Å². The molecule has 1 aromatic heterocycles. The number of nitrogens with zero attached hydrogens (tertiary/aromatic N) is 3. The van der Waals surface area contributed by atoms with Crippen molar-refractivity contribution in [2.75, 3.05) is 45.9 Å². The van der Waals surface area contributed by atoms with Crippen molar-refractivity contribution in [3.63, 3.8) is 0 Å². The third-order valence-corrected chi connectivity index (χ3v) is 7.36. The monoisotopic (exact) mass is 545 g/mol. The molecule has 208 valence electrons. The molecule has 3 rings (SSSR count). The van der Waals surface area contributed by atoms with Gasteiger partial charge in [-0.3, -0.25) is 14.5 Å². The summed E-state index contributed by atoms with van der Waals surface area (Å²) in [6.07, 6.45) is 8.62. The quantitative estimate of drug-likeness (QED) is 0.328. The molecule has 1 aromatic carbocycles. The molecule has 0 bridgehead atoms. The van der Waals surface area contributed by atoms with Crippen LogP contribution in [0.3, 0.4) is 0 Å². The molecule has 0 aliphatic carbocycles. The average molecular weight is 546 g/mol. The average Bonchev–Trinajstić information content (AvgIpc) is 3.62. The molecular formula is C27H39N5O5S. The second kappa shape index (κ2) is 15.4. The number of rotatable bonds is 15. The first-order chi connectivity index (χ1) is 18.4. The maximum absolute atomic E-state index is 13.1. The van der Waals surface area contributed by atoms with Gasteiger partial charge in [0, 0.05) is 49.6 Å². The highest BCUT2D eigenvalue weighted by atomic mass is 32.2. The molecule has 2 heterocycles. The molecule has 10 nitrogen and oxygen atoms in total. The first-order valence-electron chi connectivity index (χ1n) is 12.9. The number of esters is 1. The van der Waals surface area contributed by atoms with Crippen molar-refractivity contribution < 1.29 is 23.9 Å². The van der Waals surface area contributed by atoms with Gasteiger partial charge in [-0.2, -0.15) is 11.8 Å². The number of imidazole rings is 1. The molecule has 38 heavy (non-hydrogen) atoms. The van der Waals surface area contributed by atoms with E-state index in [1.807, 2.05) is 40.3 Å². The lowest BCUT2D eigenvalue weighted by molar-refractivity contribution is -0.145. The zero-order valence-electron chi connectivity index (χ0n) is 22.5. The fourth-order valence-corrected chi connectivity index (χ4v) is 5.26. The highest BCUT2D eigenvalue weighted by Gasteiger charge is 2.31. The number of carbonyl (C=O) groups is 3. The van der Waals surface area contributed by atoms with Gasteiger partial charge in [0.25, 0.3) is 0 Å². The molecule has 0 saturated carbocycles. The number of hydrogen-bond donors (Lipinski definition) is 2. The first kappa shape index (κ1) is 29.5. The maximum atomic E-state index is 13.1. The molecule has 1 aliphatic rings. The van der Waals surface area contributed by atoms with Gasteiger partial charge < -0.3 is 24.7 Å². The predicted molar refractivity (Wildman–Crippen MR) is 147 cm³/mol. The zero-order valence-corrected chi connectivity index (χ0v) is 23.3. The van der Waals surface area contributed by atoms with Crippen molar-refractivity contribution in [3.05, 3.63) is 48.0 Å². The van der Waals surface area contributed by atoms with Gasteiger partial charge in [-0.25, -0.2) is 9.78 Å². The number of carbonyl (C=O) groups excluding carboxylic acids is 3. The normalized spacial score (nSPS) is 15.9. The summed E-state index contributed by atoms with van der Waals surface area (Å²) in [7, 11) is 2.95. The number of ether oxygens (including phenoxy) is 2. The predicted octanol–water partition coefficient (Wildman–Crippen LogP) is 2.26. The van der Waals surface area contributed by atoms with Crippen LogP contribution in [0.25, 0.3) is 0 Å². The summed E-state index contributed by atoms with van der Waals surface area (Å²) < 4.78 is 10.4.